The first-order valence-corrected chi connectivity index (χ1v) is 12.4. The number of carbonyl (C=O) groups is 2. The molecular formula is C24H30N2O6S. The minimum atomic E-state index is -3.88. The molecule has 0 bridgehead atoms. The van der Waals surface area contributed by atoms with Crippen LogP contribution in [-0.2, 0) is 19.6 Å². The molecule has 0 spiro atoms. The van der Waals surface area contributed by atoms with Crippen molar-refractivity contribution in [3.8, 4) is 5.75 Å². The van der Waals surface area contributed by atoms with E-state index in [1.54, 1.807) is 29.2 Å². The average molecular weight is 475 g/mol. The Morgan fingerprint density at radius 2 is 1.73 bits per heavy atom. The first-order chi connectivity index (χ1) is 15.8. The van der Waals surface area contributed by atoms with E-state index in [1.165, 1.54) is 38.4 Å². The molecule has 0 atom stereocenters. The van der Waals surface area contributed by atoms with Crippen LogP contribution in [0.15, 0.2) is 53.4 Å². The molecule has 0 N–H and O–H groups in total. The van der Waals surface area contributed by atoms with Gasteiger partial charge in [0.15, 0.2) is 6.61 Å². The number of ether oxygens (including phenoxy) is 2. The molecule has 178 valence electrons. The maximum Gasteiger partial charge on any atom is 0.338 e. The van der Waals surface area contributed by atoms with Gasteiger partial charge in [0, 0.05) is 20.1 Å². The summed E-state index contributed by atoms with van der Waals surface area (Å²) in [6.45, 7) is 3.01. The number of sulfonamides is 1. The smallest absolute Gasteiger partial charge is 0.338 e. The molecule has 1 fully saturated rings. The van der Waals surface area contributed by atoms with Gasteiger partial charge in [0.2, 0.25) is 0 Å². The summed E-state index contributed by atoms with van der Waals surface area (Å²) in [7, 11) is -0.970. The van der Waals surface area contributed by atoms with Gasteiger partial charge in [-0.25, -0.2) is 13.2 Å². The molecule has 3 rings (SSSR count). The first kappa shape index (κ1) is 24.6. The van der Waals surface area contributed by atoms with E-state index in [-0.39, 0.29) is 23.0 Å². The quantitative estimate of drug-likeness (QED) is 0.464. The van der Waals surface area contributed by atoms with Gasteiger partial charge in [-0.1, -0.05) is 19.1 Å². The van der Waals surface area contributed by atoms with Gasteiger partial charge in [-0.15, -0.1) is 0 Å². The van der Waals surface area contributed by atoms with E-state index >= 15 is 0 Å². The number of benzene rings is 2. The molecule has 1 saturated carbocycles. The number of anilines is 1. The summed E-state index contributed by atoms with van der Waals surface area (Å²) < 4.78 is 37.6. The van der Waals surface area contributed by atoms with Crippen LogP contribution in [0.25, 0.3) is 0 Å². The molecule has 1 amide bonds. The number of methoxy groups -OCH3 is 1. The highest BCUT2D eigenvalue weighted by atomic mass is 32.2. The SMILES string of the molecule is CCCN(CC1CC1)C(=O)COC(=O)c1ccc(S(=O)(=O)N(C)c2ccccc2OC)cc1. The lowest BCUT2D eigenvalue weighted by molar-refractivity contribution is -0.134. The molecule has 1 aliphatic carbocycles. The third-order valence-electron chi connectivity index (χ3n) is 5.52. The van der Waals surface area contributed by atoms with E-state index in [4.69, 9.17) is 9.47 Å². The van der Waals surface area contributed by atoms with Gasteiger partial charge in [-0.2, -0.15) is 0 Å². The van der Waals surface area contributed by atoms with Crippen molar-refractivity contribution >= 4 is 27.6 Å². The second-order valence-electron chi connectivity index (χ2n) is 8.03. The molecule has 9 heteroatoms. The highest BCUT2D eigenvalue weighted by Crippen LogP contribution is 2.31. The maximum atomic E-state index is 13.0. The van der Waals surface area contributed by atoms with Crippen LogP contribution in [0.2, 0.25) is 0 Å². The summed E-state index contributed by atoms with van der Waals surface area (Å²) in [5.41, 5.74) is 0.566. The van der Waals surface area contributed by atoms with Gasteiger partial charge in [0.05, 0.1) is 23.3 Å². The van der Waals surface area contributed by atoms with E-state index in [0.717, 1.165) is 23.6 Å². The number of hydrogen-bond acceptors (Lipinski definition) is 6. The standard InChI is InChI=1S/C24H30N2O6S/c1-4-15-26(16-18-9-10-18)23(27)17-32-24(28)19-11-13-20(14-12-19)33(29,30)25(2)21-7-5-6-8-22(21)31-3/h5-8,11-14,18H,4,9-10,15-17H2,1-3H3. The molecule has 2 aromatic rings. The monoisotopic (exact) mass is 474 g/mol. The van der Waals surface area contributed by atoms with Crippen molar-refractivity contribution in [3.63, 3.8) is 0 Å². The van der Waals surface area contributed by atoms with Crippen LogP contribution in [0.1, 0.15) is 36.5 Å². The Morgan fingerprint density at radius 1 is 1.06 bits per heavy atom. The van der Waals surface area contributed by atoms with E-state index in [9.17, 15) is 18.0 Å². The number of amides is 1. The first-order valence-electron chi connectivity index (χ1n) is 10.9. The molecule has 0 heterocycles. The van der Waals surface area contributed by atoms with Crippen molar-refractivity contribution in [1.82, 2.24) is 4.90 Å². The fourth-order valence-electron chi connectivity index (χ4n) is 3.44. The molecule has 8 nitrogen and oxygen atoms in total. The molecule has 0 aromatic heterocycles. The van der Waals surface area contributed by atoms with E-state index < -0.39 is 16.0 Å². The number of esters is 1. The van der Waals surface area contributed by atoms with Crippen molar-refractivity contribution in [3.05, 3.63) is 54.1 Å². The minimum absolute atomic E-state index is 0.0158. The van der Waals surface area contributed by atoms with Crippen LogP contribution >= 0.6 is 0 Å². The third kappa shape index (κ3) is 6.04. The second kappa shape index (κ2) is 10.7. The second-order valence-corrected chi connectivity index (χ2v) is 10.00. The summed E-state index contributed by atoms with van der Waals surface area (Å²) in [5.74, 6) is 0.0925. The third-order valence-corrected chi connectivity index (χ3v) is 7.31. The summed E-state index contributed by atoms with van der Waals surface area (Å²) in [5, 5.41) is 0. The Kier molecular flexibility index (Phi) is 7.97. The summed E-state index contributed by atoms with van der Waals surface area (Å²) in [4.78, 5) is 26.6. The fraction of sp³-hybridized carbons (Fsp3) is 0.417. The molecule has 0 aliphatic heterocycles. The minimum Gasteiger partial charge on any atom is -0.495 e. The van der Waals surface area contributed by atoms with Gasteiger partial charge in [0.25, 0.3) is 15.9 Å². The zero-order chi connectivity index (χ0) is 24.0. The molecular weight excluding hydrogens is 444 g/mol. The van der Waals surface area contributed by atoms with Gasteiger partial charge in [0.1, 0.15) is 5.75 Å². The fourth-order valence-corrected chi connectivity index (χ4v) is 4.65. The Bertz CT molecular complexity index is 1080. The van der Waals surface area contributed by atoms with Crippen molar-refractivity contribution in [2.75, 3.05) is 38.2 Å². The van der Waals surface area contributed by atoms with E-state index in [0.29, 0.717) is 30.4 Å². The van der Waals surface area contributed by atoms with Crippen molar-refractivity contribution in [2.45, 2.75) is 31.1 Å². The normalized spacial score (nSPS) is 13.3. The van der Waals surface area contributed by atoms with E-state index in [2.05, 4.69) is 0 Å². The topological polar surface area (TPSA) is 93.2 Å². The predicted octanol–water partition coefficient (Wildman–Crippen LogP) is 3.33. The van der Waals surface area contributed by atoms with Crippen LogP contribution in [0.3, 0.4) is 0 Å². The van der Waals surface area contributed by atoms with Crippen LogP contribution in [0.4, 0.5) is 5.69 Å². The highest BCUT2D eigenvalue weighted by Gasteiger charge is 2.27. The average Bonchev–Trinajstić information content (AvgIpc) is 3.65. The van der Waals surface area contributed by atoms with Crippen LogP contribution < -0.4 is 9.04 Å². The summed E-state index contributed by atoms with van der Waals surface area (Å²) in [6.07, 6.45) is 3.11. The van der Waals surface area contributed by atoms with E-state index in [1.807, 2.05) is 6.92 Å². The zero-order valence-corrected chi connectivity index (χ0v) is 20.0. The maximum absolute atomic E-state index is 13.0. The van der Waals surface area contributed by atoms with Crippen molar-refractivity contribution in [2.24, 2.45) is 5.92 Å². The van der Waals surface area contributed by atoms with Crippen LogP contribution in [0, 0.1) is 5.92 Å². The predicted molar refractivity (Wildman–Crippen MR) is 125 cm³/mol. The van der Waals surface area contributed by atoms with Crippen molar-refractivity contribution < 1.29 is 27.5 Å². The lowest BCUT2D eigenvalue weighted by Gasteiger charge is -2.22. The van der Waals surface area contributed by atoms with Gasteiger partial charge < -0.3 is 14.4 Å². The van der Waals surface area contributed by atoms with Crippen molar-refractivity contribution in [1.29, 1.82) is 0 Å². The number of hydrogen-bond donors (Lipinski definition) is 0. The Hall–Kier alpha value is -3.07. The van der Waals surface area contributed by atoms with Crippen LogP contribution in [-0.4, -0.2) is 59.0 Å². The summed E-state index contributed by atoms with van der Waals surface area (Å²) >= 11 is 0. The molecule has 2 aromatic carbocycles. The molecule has 0 unspecified atom stereocenters. The lowest BCUT2D eigenvalue weighted by Crippen LogP contribution is -2.36. The van der Waals surface area contributed by atoms with Crippen LogP contribution in [0.5, 0.6) is 5.75 Å². The van der Waals surface area contributed by atoms with Gasteiger partial charge in [-0.05, 0) is 61.6 Å². The molecule has 33 heavy (non-hydrogen) atoms. The van der Waals surface area contributed by atoms with Gasteiger partial charge in [-0.3, -0.25) is 9.10 Å². The molecule has 0 radical (unpaired) electrons. The number of carbonyl (C=O) groups excluding carboxylic acids is 2. The lowest BCUT2D eigenvalue weighted by atomic mass is 10.2. The Labute approximate surface area is 195 Å². The van der Waals surface area contributed by atoms with Gasteiger partial charge >= 0.3 is 5.97 Å². The molecule has 0 saturated heterocycles. The highest BCUT2D eigenvalue weighted by molar-refractivity contribution is 7.92. The Morgan fingerprint density at radius 3 is 2.33 bits per heavy atom. The number of para-hydroxylation sites is 2. The Balaban J connectivity index is 1.65. The largest absolute Gasteiger partial charge is 0.495 e. The molecule has 1 aliphatic rings. The zero-order valence-electron chi connectivity index (χ0n) is 19.2. The number of rotatable bonds is 11. The number of nitrogens with zero attached hydrogens (tertiary/aromatic N) is 2. The summed E-state index contributed by atoms with van der Waals surface area (Å²) in [6, 6.07) is 12.2.